The molecule has 2 amide bonds. The average molecular weight is 330 g/mol. The standard InChI is InChI=1S/C17H18N2O3S/c1-18(2)17(21)15-10-23-11-19(15)16(20)13-5-3-4-12(8-13)14-6-7-22-9-14/h3-9,15H,10-11H2,1-2H3. The van der Waals surface area contributed by atoms with Crippen molar-refractivity contribution in [3.8, 4) is 11.1 Å². The van der Waals surface area contributed by atoms with Crippen LogP contribution in [0.5, 0.6) is 0 Å². The Morgan fingerprint density at radius 3 is 2.78 bits per heavy atom. The van der Waals surface area contributed by atoms with Crippen LogP contribution < -0.4 is 0 Å². The zero-order valence-electron chi connectivity index (χ0n) is 13.1. The summed E-state index contributed by atoms with van der Waals surface area (Å²) in [5.41, 5.74) is 2.44. The lowest BCUT2D eigenvalue weighted by molar-refractivity contribution is -0.132. The molecule has 6 heteroatoms. The van der Waals surface area contributed by atoms with Crippen molar-refractivity contribution in [1.82, 2.24) is 9.80 Å². The summed E-state index contributed by atoms with van der Waals surface area (Å²) in [6.45, 7) is 0. The van der Waals surface area contributed by atoms with E-state index in [4.69, 9.17) is 4.42 Å². The summed E-state index contributed by atoms with van der Waals surface area (Å²) < 4.78 is 5.10. The highest BCUT2D eigenvalue weighted by Gasteiger charge is 2.35. The first-order valence-electron chi connectivity index (χ1n) is 7.30. The third kappa shape index (κ3) is 3.12. The zero-order valence-corrected chi connectivity index (χ0v) is 13.9. The van der Waals surface area contributed by atoms with Gasteiger partial charge in [0.15, 0.2) is 0 Å². The highest BCUT2D eigenvalue weighted by atomic mass is 32.2. The van der Waals surface area contributed by atoms with Crippen LogP contribution >= 0.6 is 11.8 Å². The lowest BCUT2D eigenvalue weighted by atomic mass is 10.0. The first-order chi connectivity index (χ1) is 11.1. The second-order valence-corrected chi connectivity index (χ2v) is 6.62. The fourth-order valence-electron chi connectivity index (χ4n) is 2.57. The molecule has 2 heterocycles. The van der Waals surface area contributed by atoms with Crippen LogP contribution in [-0.2, 0) is 4.79 Å². The van der Waals surface area contributed by atoms with Gasteiger partial charge in [-0.3, -0.25) is 9.59 Å². The lowest BCUT2D eigenvalue weighted by Gasteiger charge is -2.25. The van der Waals surface area contributed by atoms with Gasteiger partial charge in [0, 0.05) is 31.0 Å². The molecule has 1 aromatic carbocycles. The van der Waals surface area contributed by atoms with Gasteiger partial charge in [-0.1, -0.05) is 12.1 Å². The largest absolute Gasteiger partial charge is 0.472 e. The van der Waals surface area contributed by atoms with E-state index in [0.29, 0.717) is 17.2 Å². The summed E-state index contributed by atoms with van der Waals surface area (Å²) in [5.74, 6) is 1.04. The van der Waals surface area contributed by atoms with E-state index in [-0.39, 0.29) is 17.9 Å². The average Bonchev–Trinajstić information content (AvgIpc) is 3.24. The van der Waals surface area contributed by atoms with Crippen molar-refractivity contribution in [2.75, 3.05) is 25.7 Å². The maximum atomic E-state index is 12.8. The predicted octanol–water partition coefficient (Wildman–Crippen LogP) is 2.55. The van der Waals surface area contributed by atoms with Crippen molar-refractivity contribution in [2.24, 2.45) is 0 Å². The van der Waals surface area contributed by atoms with Gasteiger partial charge >= 0.3 is 0 Å². The van der Waals surface area contributed by atoms with E-state index in [1.54, 1.807) is 54.2 Å². The number of thioether (sulfide) groups is 1. The number of hydrogen-bond acceptors (Lipinski definition) is 4. The number of benzene rings is 1. The van der Waals surface area contributed by atoms with Crippen molar-refractivity contribution in [3.63, 3.8) is 0 Å². The number of carbonyl (C=O) groups excluding carboxylic acids is 2. The van der Waals surface area contributed by atoms with Crippen LogP contribution in [0.3, 0.4) is 0 Å². The molecule has 1 fully saturated rings. The van der Waals surface area contributed by atoms with Crippen molar-refractivity contribution in [3.05, 3.63) is 48.4 Å². The SMILES string of the molecule is CN(C)C(=O)C1CSCN1C(=O)c1cccc(-c2ccoc2)c1. The molecule has 5 nitrogen and oxygen atoms in total. The van der Waals surface area contributed by atoms with Crippen LogP contribution in [0.1, 0.15) is 10.4 Å². The van der Waals surface area contributed by atoms with E-state index < -0.39 is 0 Å². The molecule has 1 aliphatic rings. The van der Waals surface area contributed by atoms with E-state index in [0.717, 1.165) is 11.1 Å². The predicted molar refractivity (Wildman–Crippen MR) is 90.1 cm³/mol. The first kappa shape index (κ1) is 15.7. The number of amides is 2. The van der Waals surface area contributed by atoms with Gasteiger partial charge in [-0.05, 0) is 23.8 Å². The molecule has 1 saturated heterocycles. The number of furan rings is 1. The van der Waals surface area contributed by atoms with Crippen LogP contribution in [0, 0.1) is 0 Å². The van der Waals surface area contributed by atoms with E-state index in [2.05, 4.69) is 0 Å². The highest BCUT2D eigenvalue weighted by Crippen LogP contribution is 2.26. The Bertz CT molecular complexity index is 712. The monoisotopic (exact) mass is 330 g/mol. The van der Waals surface area contributed by atoms with Crippen molar-refractivity contribution in [1.29, 1.82) is 0 Å². The number of hydrogen-bond donors (Lipinski definition) is 0. The molecular weight excluding hydrogens is 312 g/mol. The fourth-order valence-corrected chi connectivity index (χ4v) is 3.72. The molecule has 0 radical (unpaired) electrons. The summed E-state index contributed by atoms with van der Waals surface area (Å²) in [5, 5.41) is 0. The van der Waals surface area contributed by atoms with Gasteiger partial charge < -0.3 is 14.2 Å². The molecule has 0 N–H and O–H groups in total. The number of nitrogens with zero attached hydrogens (tertiary/aromatic N) is 2. The number of rotatable bonds is 3. The van der Waals surface area contributed by atoms with Gasteiger partial charge in [0.05, 0.1) is 18.4 Å². The van der Waals surface area contributed by atoms with Crippen LogP contribution in [0.15, 0.2) is 47.3 Å². The minimum atomic E-state index is -0.389. The molecule has 0 saturated carbocycles. The van der Waals surface area contributed by atoms with Gasteiger partial charge in [0.2, 0.25) is 5.91 Å². The summed E-state index contributed by atoms with van der Waals surface area (Å²) in [6.07, 6.45) is 3.25. The third-order valence-electron chi connectivity index (χ3n) is 3.83. The maximum Gasteiger partial charge on any atom is 0.255 e. The molecular formula is C17H18N2O3S. The van der Waals surface area contributed by atoms with Crippen LogP contribution in [-0.4, -0.2) is 53.4 Å². The molecule has 23 heavy (non-hydrogen) atoms. The third-order valence-corrected chi connectivity index (χ3v) is 4.85. The normalized spacial score (nSPS) is 17.3. The summed E-state index contributed by atoms with van der Waals surface area (Å²) >= 11 is 1.60. The molecule has 1 atom stereocenters. The van der Waals surface area contributed by atoms with E-state index in [1.165, 1.54) is 0 Å². The Morgan fingerprint density at radius 2 is 2.09 bits per heavy atom. The minimum Gasteiger partial charge on any atom is -0.472 e. The van der Waals surface area contributed by atoms with Crippen molar-refractivity contribution in [2.45, 2.75) is 6.04 Å². The summed E-state index contributed by atoms with van der Waals surface area (Å²) in [4.78, 5) is 28.3. The minimum absolute atomic E-state index is 0.0330. The number of likely N-dealkylation sites (N-methyl/N-ethyl adjacent to an activating group) is 1. The Balaban J connectivity index is 1.85. The Morgan fingerprint density at radius 1 is 1.26 bits per heavy atom. The van der Waals surface area contributed by atoms with Gasteiger partial charge in [-0.2, -0.15) is 0 Å². The Labute approximate surface area is 139 Å². The van der Waals surface area contributed by atoms with Crippen molar-refractivity contribution >= 4 is 23.6 Å². The fraction of sp³-hybridized carbons (Fsp3) is 0.294. The Kier molecular flexibility index (Phi) is 4.43. The first-order valence-corrected chi connectivity index (χ1v) is 8.46. The highest BCUT2D eigenvalue weighted by molar-refractivity contribution is 7.99. The summed E-state index contributed by atoms with van der Waals surface area (Å²) in [6, 6.07) is 8.87. The smallest absolute Gasteiger partial charge is 0.255 e. The van der Waals surface area contributed by atoms with Gasteiger partial charge in [-0.25, -0.2) is 0 Å². The molecule has 0 bridgehead atoms. The van der Waals surface area contributed by atoms with Crippen molar-refractivity contribution < 1.29 is 14.0 Å². The topological polar surface area (TPSA) is 53.8 Å². The lowest BCUT2D eigenvalue weighted by Crippen LogP contribution is -2.46. The quantitative estimate of drug-likeness (QED) is 0.868. The van der Waals surface area contributed by atoms with Gasteiger partial charge in [0.25, 0.3) is 5.91 Å². The van der Waals surface area contributed by atoms with Gasteiger partial charge in [0.1, 0.15) is 6.04 Å². The van der Waals surface area contributed by atoms with Crippen LogP contribution in [0.25, 0.3) is 11.1 Å². The molecule has 0 aliphatic carbocycles. The summed E-state index contributed by atoms with van der Waals surface area (Å²) in [7, 11) is 3.43. The molecule has 2 aromatic rings. The van der Waals surface area contributed by atoms with Gasteiger partial charge in [-0.15, -0.1) is 11.8 Å². The van der Waals surface area contributed by atoms with E-state index in [1.807, 2.05) is 24.3 Å². The zero-order chi connectivity index (χ0) is 16.4. The van der Waals surface area contributed by atoms with E-state index >= 15 is 0 Å². The maximum absolute atomic E-state index is 12.8. The molecule has 1 aromatic heterocycles. The van der Waals surface area contributed by atoms with Crippen LogP contribution in [0.2, 0.25) is 0 Å². The Hall–Kier alpha value is -2.21. The molecule has 0 spiro atoms. The second kappa shape index (κ2) is 6.50. The second-order valence-electron chi connectivity index (χ2n) is 5.62. The van der Waals surface area contributed by atoms with E-state index in [9.17, 15) is 9.59 Å². The van der Waals surface area contributed by atoms with Crippen LogP contribution in [0.4, 0.5) is 0 Å². The molecule has 3 rings (SSSR count). The molecule has 1 unspecified atom stereocenters. The molecule has 1 aliphatic heterocycles. The number of carbonyl (C=O) groups is 2. The molecule has 120 valence electrons.